The van der Waals surface area contributed by atoms with E-state index in [2.05, 4.69) is 34.4 Å². The molecule has 0 amide bonds. The molecule has 1 atom stereocenters. The molecule has 1 saturated heterocycles. The molecule has 5 heteroatoms. The second kappa shape index (κ2) is 6.10. The van der Waals surface area contributed by atoms with Gasteiger partial charge in [0, 0.05) is 23.9 Å². The van der Waals surface area contributed by atoms with Gasteiger partial charge in [-0.3, -0.25) is 0 Å². The van der Waals surface area contributed by atoms with E-state index in [1.54, 1.807) is 6.33 Å². The maximum absolute atomic E-state index is 4.34. The Bertz CT molecular complexity index is 364. The van der Waals surface area contributed by atoms with Gasteiger partial charge in [0.2, 0.25) is 0 Å². The summed E-state index contributed by atoms with van der Waals surface area (Å²) in [6.45, 7) is 5.03. The molecule has 0 radical (unpaired) electrons. The summed E-state index contributed by atoms with van der Waals surface area (Å²) in [6, 6.07) is 0.553. The number of anilines is 2. The number of rotatable bonds is 4. The third-order valence-electron chi connectivity index (χ3n) is 2.93. The van der Waals surface area contributed by atoms with Crippen LogP contribution in [0.1, 0.15) is 25.3 Å². The Morgan fingerprint density at radius 2 is 2.24 bits per heavy atom. The second-order valence-electron chi connectivity index (χ2n) is 4.28. The van der Waals surface area contributed by atoms with Gasteiger partial charge in [-0.15, -0.1) is 0 Å². The third kappa shape index (κ3) is 3.25. The third-order valence-corrected chi connectivity index (χ3v) is 4.14. The summed E-state index contributed by atoms with van der Waals surface area (Å²) in [5.74, 6) is 4.39. The standard InChI is InChI=1S/C12H20N4S/c1-3-13-11-9(2)12(15-8-14-11)16-10-5-4-6-17-7-10/h8,10H,3-7H2,1-2H3,(H2,13,14,15,16). The molecular formula is C12H20N4S. The predicted molar refractivity (Wildman–Crippen MR) is 74.9 cm³/mol. The summed E-state index contributed by atoms with van der Waals surface area (Å²) in [4.78, 5) is 8.60. The van der Waals surface area contributed by atoms with Crippen molar-refractivity contribution in [3.05, 3.63) is 11.9 Å². The van der Waals surface area contributed by atoms with E-state index in [0.29, 0.717) is 6.04 Å². The number of nitrogens with one attached hydrogen (secondary N) is 2. The minimum atomic E-state index is 0.553. The van der Waals surface area contributed by atoms with Crippen LogP contribution in [-0.2, 0) is 0 Å². The predicted octanol–water partition coefficient (Wildman–Crippen LogP) is 2.52. The van der Waals surface area contributed by atoms with Gasteiger partial charge in [0.15, 0.2) is 0 Å². The first-order chi connectivity index (χ1) is 8.31. The van der Waals surface area contributed by atoms with Gasteiger partial charge in [-0.05, 0) is 32.4 Å². The van der Waals surface area contributed by atoms with Gasteiger partial charge >= 0.3 is 0 Å². The minimum Gasteiger partial charge on any atom is -0.370 e. The van der Waals surface area contributed by atoms with E-state index in [1.807, 2.05) is 11.8 Å². The molecule has 1 aromatic rings. The van der Waals surface area contributed by atoms with Crippen molar-refractivity contribution < 1.29 is 0 Å². The highest BCUT2D eigenvalue weighted by atomic mass is 32.2. The Balaban J connectivity index is 2.06. The molecule has 1 aliphatic rings. The molecule has 1 unspecified atom stereocenters. The van der Waals surface area contributed by atoms with E-state index in [-0.39, 0.29) is 0 Å². The lowest BCUT2D eigenvalue weighted by atomic mass is 10.2. The number of thioether (sulfide) groups is 1. The lowest BCUT2D eigenvalue weighted by Crippen LogP contribution is -2.26. The fourth-order valence-corrected chi connectivity index (χ4v) is 3.06. The van der Waals surface area contributed by atoms with Gasteiger partial charge in [-0.25, -0.2) is 9.97 Å². The highest BCUT2D eigenvalue weighted by Crippen LogP contribution is 2.23. The number of hydrogen-bond donors (Lipinski definition) is 2. The molecule has 0 spiro atoms. The van der Waals surface area contributed by atoms with Gasteiger partial charge in [-0.2, -0.15) is 11.8 Å². The molecule has 0 bridgehead atoms. The summed E-state index contributed by atoms with van der Waals surface area (Å²) in [5, 5.41) is 6.79. The van der Waals surface area contributed by atoms with Crippen LogP contribution in [0, 0.1) is 6.92 Å². The number of nitrogens with zero attached hydrogens (tertiary/aromatic N) is 2. The van der Waals surface area contributed by atoms with E-state index in [9.17, 15) is 0 Å². The Morgan fingerprint density at radius 1 is 1.41 bits per heavy atom. The van der Waals surface area contributed by atoms with Crippen LogP contribution >= 0.6 is 11.8 Å². The van der Waals surface area contributed by atoms with Crippen LogP contribution in [0.4, 0.5) is 11.6 Å². The molecule has 2 N–H and O–H groups in total. The Morgan fingerprint density at radius 3 is 2.94 bits per heavy atom. The summed E-state index contributed by atoms with van der Waals surface area (Å²) in [6.07, 6.45) is 4.17. The van der Waals surface area contributed by atoms with Crippen molar-refractivity contribution in [1.29, 1.82) is 0 Å². The zero-order valence-corrected chi connectivity index (χ0v) is 11.3. The lowest BCUT2D eigenvalue weighted by molar-refractivity contribution is 0.681. The summed E-state index contributed by atoms with van der Waals surface area (Å²) >= 11 is 2.02. The van der Waals surface area contributed by atoms with Crippen molar-refractivity contribution in [2.45, 2.75) is 32.7 Å². The quantitative estimate of drug-likeness (QED) is 0.862. The molecule has 2 rings (SSSR count). The Labute approximate surface area is 107 Å². The van der Waals surface area contributed by atoms with Crippen LogP contribution in [0.2, 0.25) is 0 Å². The van der Waals surface area contributed by atoms with E-state index in [1.165, 1.54) is 24.3 Å². The van der Waals surface area contributed by atoms with Gasteiger partial charge in [0.25, 0.3) is 0 Å². The number of aromatic nitrogens is 2. The Kier molecular flexibility index (Phi) is 4.48. The van der Waals surface area contributed by atoms with Crippen LogP contribution < -0.4 is 10.6 Å². The van der Waals surface area contributed by atoms with Crippen LogP contribution in [-0.4, -0.2) is 34.1 Å². The molecule has 1 fully saturated rings. The first-order valence-corrected chi connectivity index (χ1v) is 7.36. The van der Waals surface area contributed by atoms with Crippen LogP contribution in [0.25, 0.3) is 0 Å². The maximum Gasteiger partial charge on any atom is 0.134 e. The summed E-state index contributed by atoms with van der Waals surface area (Å²) in [5.41, 5.74) is 1.12. The topological polar surface area (TPSA) is 49.8 Å². The monoisotopic (exact) mass is 252 g/mol. The molecule has 0 aliphatic carbocycles. The average molecular weight is 252 g/mol. The number of hydrogen-bond acceptors (Lipinski definition) is 5. The molecule has 17 heavy (non-hydrogen) atoms. The van der Waals surface area contributed by atoms with Crippen LogP contribution in [0.3, 0.4) is 0 Å². The molecule has 2 heterocycles. The maximum atomic E-state index is 4.34. The van der Waals surface area contributed by atoms with Gasteiger partial charge in [0.05, 0.1) is 0 Å². The molecule has 94 valence electrons. The summed E-state index contributed by atoms with van der Waals surface area (Å²) < 4.78 is 0. The highest BCUT2D eigenvalue weighted by molar-refractivity contribution is 7.99. The molecule has 4 nitrogen and oxygen atoms in total. The zero-order valence-electron chi connectivity index (χ0n) is 10.5. The van der Waals surface area contributed by atoms with E-state index in [4.69, 9.17) is 0 Å². The van der Waals surface area contributed by atoms with Crippen molar-refractivity contribution in [1.82, 2.24) is 9.97 Å². The molecule has 1 aliphatic heterocycles. The molecular weight excluding hydrogens is 232 g/mol. The van der Waals surface area contributed by atoms with Gasteiger partial charge in [0.1, 0.15) is 18.0 Å². The largest absolute Gasteiger partial charge is 0.370 e. The van der Waals surface area contributed by atoms with E-state index >= 15 is 0 Å². The van der Waals surface area contributed by atoms with Gasteiger partial charge in [-0.1, -0.05) is 0 Å². The lowest BCUT2D eigenvalue weighted by Gasteiger charge is -2.24. The highest BCUT2D eigenvalue weighted by Gasteiger charge is 2.15. The first kappa shape index (κ1) is 12.5. The normalized spacial score (nSPS) is 20.0. The molecule has 1 aromatic heterocycles. The summed E-state index contributed by atoms with van der Waals surface area (Å²) in [7, 11) is 0. The smallest absolute Gasteiger partial charge is 0.134 e. The zero-order chi connectivity index (χ0) is 12.1. The van der Waals surface area contributed by atoms with Crippen molar-refractivity contribution in [3.8, 4) is 0 Å². The van der Waals surface area contributed by atoms with E-state index < -0.39 is 0 Å². The molecule has 0 saturated carbocycles. The van der Waals surface area contributed by atoms with Crippen LogP contribution in [0.15, 0.2) is 6.33 Å². The van der Waals surface area contributed by atoms with Crippen molar-refractivity contribution in [2.24, 2.45) is 0 Å². The second-order valence-corrected chi connectivity index (χ2v) is 5.43. The Hall–Kier alpha value is -0.970. The van der Waals surface area contributed by atoms with E-state index in [0.717, 1.165) is 23.7 Å². The van der Waals surface area contributed by atoms with Crippen LogP contribution in [0.5, 0.6) is 0 Å². The van der Waals surface area contributed by atoms with Gasteiger partial charge < -0.3 is 10.6 Å². The first-order valence-electron chi connectivity index (χ1n) is 6.21. The minimum absolute atomic E-state index is 0.553. The fraction of sp³-hybridized carbons (Fsp3) is 0.667. The van der Waals surface area contributed by atoms with Crippen molar-refractivity contribution in [3.63, 3.8) is 0 Å². The SMILES string of the molecule is CCNc1ncnc(NC2CCCSC2)c1C. The fourth-order valence-electron chi connectivity index (χ4n) is 1.99. The molecule has 0 aromatic carbocycles. The average Bonchev–Trinajstić information content (AvgIpc) is 2.36. The van der Waals surface area contributed by atoms with Crippen molar-refractivity contribution in [2.75, 3.05) is 28.7 Å². The van der Waals surface area contributed by atoms with Crippen molar-refractivity contribution >= 4 is 23.4 Å².